The standard InChI is InChI=1S/C13H8BrFN2O3/c14-7-3-1-4-8(15)11(7)17-12(18)9-5-2-6-10(16-9)13(19)20/h1-6H,(H,17,18)(H,19,20). The van der Waals surface area contributed by atoms with Gasteiger partial charge in [0.25, 0.3) is 5.91 Å². The molecule has 20 heavy (non-hydrogen) atoms. The predicted molar refractivity (Wildman–Crippen MR) is 73.2 cm³/mol. The fraction of sp³-hybridized carbons (Fsp3) is 0. The summed E-state index contributed by atoms with van der Waals surface area (Å²) in [5.41, 5.74) is -0.398. The highest BCUT2D eigenvalue weighted by Gasteiger charge is 2.14. The Kier molecular flexibility index (Phi) is 4.09. The number of nitrogens with zero attached hydrogens (tertiary/aromatic N) is 1. The van der Waals surface area contributed by atoms with Crippen molar-refractivity contribution in [2.75, 3.05) is 5.32 Å². The van der Waals surface area contributed by atoms with E-state index in [4.69, 9.17) is 5.11 Å². The first-order chi connectivity index (χ1) is 9.49. The van der Waals surface area contributed by atoms with E-state index in [-0.39, 0.29) is 17.1 Å². The lowest BCUT2D eigenvalue weighted by Crippen LogP contribution is -2.16. The summed E-state index contributed by atoms with van der Waals surface area (Å²) in [7, 11) is 0. The lowest BCUT2D eigenvalue weighted by molar-refractivity contribution is 0.0690. The van der Waals surface area contributed by atoms with Crippen molar-refractivity contribution in [1.82, 2.24) is 4.98 Å². The minimum Gasteiger partial charge on any atom is -0.477 e. The number of nitrogens with one attached hydrogen (secondary N) is 1. The molecule has 0 saturated carbocycles. The number of carboxylic acid groups (broad SMARTS) is 1. The Morgan fingerprint density at radius 1 is 1.15 bits per heavy atom. The molecular formula is C13H8BrFN2O3. The molecule has 0 radical (unpaired) electrons. The summed E-state index contributed by atoms with van der Waals surface area (Å²) in [6, 6.07) is 8.25. The number of rotatable bonds is 3. The van der Waals surface area contributed by atoms with Crippen molar-refractivity contribution in [3.8, 4) is 0 Å². The molecule has 0 aliphatic rings. The monoisotopic (exact) mass is 338 g/mol. The second-order valence-electron chi connectivity index (χ2n) is 3.76. The number of pyridine rings is 1. The minimum atomic E-state index is -1.24. The lowest BCUT2D eigenvalue weighted by Gasteiger charge is -2.08. The van der Waals surface area contributed by atoms with E-state index in [0.717, 1.165) is 0 Å². The molecule has 102 valence electrons. The number of para-hydroxylation sites is 1. The van der Waals surface area contributed by atoms with Crippen LogP contribution < -0.4 is 5.32 Å². The Morgan fingerprint density at radius 3 is 2.45 bits per heavy atom. The van der Waals surface area contributed by atoms with E-state index in [0.29, 0.717) is 4.47 Å². The lowest BCUT2D eigenvalue weighted by atomic mass is 10.2. The average Bonchev–Trinajstić information content (AvgIpc) is 2.43. The number of hydrogen-bond acceptors (Lipinski definition) is 3. The molecule has 0 fully saturated rings. The van der Waals surface area contributed by atoms with Crippen LogP contribution >= 0.6 is 15.9 Å². The number of amides is 1. The fourth-order valence-corrected chi connectivity index (χ4v) is 1.92. The van der Waals surface area contributed by atoms with Gasteiger partial charge in [-0.1, -0.05) is 12.1 Å². The van der Waals surface area contributed by atoms with Gasteiger partial charge < -0.3 is 10.4 Å². The molecule has 1 aromatic heterocycles. The maximum Gasteiger partial charge on any atom is 0.354 e. The van der Waals surface area contributed by atoms with Crippen LogP contribution in [0.25, 0.3) is 0 Å². The number of carbonyl (C=O) groups excluding carboxylic acids is 1. The van der Waals surface area contributed by atoms with Crippen molar-refractivity contribution in [3.63, 3.8) is 0 Å². The van der Waals surface area contributed by atoms with E-state index in [2.05, 4.69) is 26.2 Å². The zero-order valence-electron chi connectivity index (χ0n) is 9.93. The maximum absolute atomic E-state index is 13.6. The summed E-state index contributed by atoms with van der Waals surface area (Å²) >= 11 is 3.12. The highest BCUT2D eigenvalue weighted by molar-refractivity contribution is 9.10. The molecule has 2 N–H and O–H groups in total. The molecule has 0 unspecified atom stereocenters. The van der Waals surface area contributed by atoms with Gasteiger partial charge in [0.15, 0.2) is 0 Å². The van der Waals surface area contributed by atoms with Gasteiger partial charge in [-0.2, -0.15) is 0 Å². The Labute approximate surface area is 121 Å². The van der Waals surface area contributed by atoms with Gasteiger partial charge in [0.1, 0.15) is 17.2 Å². The zero-order valence-corrected chi connectivity index (χ0v) is 11.5. The van der Waals surface area contributed by atoms with Gasteiger partial charge in [-0.15, -0.1) is 0 Å². The Bertz CT molecular complexity index is 671. The normalized spacial score (nSPS) is 10.1. The Hall–Kier alpha value is -2.28. The van der Waals surface area contributed by atoms with Crippen LogP contribution in [0.1, 0.15) is 21.0 Å². The first kappa shape index (κ1) is 14.1. The largest absolute Gasteiger partial charge is 0.477 e. The van der Waals surface area contributed by atoms with Crippen LogP contribution in [-0.4, -0.2) is 22.0 Å². The highest BCUT2D eigenvalue weighted by Crippen LogP contribution is 2.25. The molecule has 2 rings (SSSR count). The molecule has 7 heteroatoms. The first-order valence-corrected chi connectivity index (χ1v) is 6.24. The fourth-order valence-electron chi connectivity index (χ4n) is 1.48. The van der Waals surface area contributed by atoms with Gasteiger partial charge in [0.2, 0.25) is 0 Å². The van der Waals surface area contributed by atoms with E-state index < -0.39 is 17.7 Å². The SMILES string of the molecule is O=C(O)c1cccc(C(=O)Nc2c(F)cccc2Br)n1. The van der Waals surface area contributed by atoms with Crippen LogP contribution in [0.3, 0.4) is 0 Å². The number of aromatic carboxylic acids is 1. The number of aromatic nitrogens is 1. The molecule has 0 bridgehead atoms. The molecule has 1 heterocycles. The molecule has 1 amide bonds. The molecular weight excluding hydrogens is 331 g/mol. The van der Waals surface area contributed by atoms with Crippen molar-refractivity contribution < 1.29 is 19.1 Å². The quantitative estimate of drug-likeness (QED) is 0.901. The Morgan fingerprint density at radius 2 is 1.80 bits per heavy atom. The van der Waals surface area contributed by atoms with E-state index in [1.54, 1.807) is 6.07 Å². The summed E-state index contributed by atoms with van der Waals surface area (Å²) in [6.07, 6.45) is 0. The van der Waals surface area contributed by atoms with Crippen molar-refractivity contribution in [1.29, 1.82) is 0 Å². The van der Waals surface area contributed by atoms with Crippen LogP contribution in [0, 0.1) is 5.82 Å². The molecule has 0 saturated heterocycles. The number of benzene rings is 1. The van der Waals surface area contributed by atoms with Crippen molar-refractivity contribution in [3.05, 3.63) is 58.1 Å². The first-order valence-electron chi connectivity index (χ1n) is 5.45. The van der Waals surface area contributed by atoms with E-state index in [1.807, 2.05) is 0 Å². The second kappa shape index (κ2) is 5.79. The molecule has 0 aliphatic carbocycles. The summed E-state index contributed by atoms with van der Waals surface area (Å²) < 4.78 is 14.0. The van der Waals surface area contributed by atoms with Crippen molar-refractivity contribution >= 4 is 33.5 Å². The van der Waals surface area contributed by atoms with Gasteiger partial charge in [-0.05, 0) is 40.2 Å². The Balaban J connectivity index is 2.29. The maximum atomic E-state index is 13.6. The number of carboxylic acids is 1. The average molecular weight is 339 g/mol. The van der Waals surface area contributed by atoms with Gasteiger partial charge in [0.05, 0.1) is 5.69 Å². The van der Waals surface area contributed by atoms with Crippen LogP contribution in [0.5, 0.6) is 0 Å². The van der Waals surface area contributed by atoms with Crippen LogP contribution in [0.15, 0.2) is 40.9 Å². The third-order valence-electron chi connectivity index (χ3n) is 2.40. The van der Waals surface area contributed by atoms with Crippen molar-refractivity contribution in [2.45, 2.75) is 0 Å². The van der Waals surface area contributed by atoms with Gasteiger partial charge >= 0.3 is 5.97 Å². The third-order valence-corrected chi connectivity index (χ3v) is 3.06. The van der Waals surface area contributed by atoms with E-state index >= 15 is 0 Å². The molecule has 1 aromatic carbocycles. The van der Waals surface area contributed by atoms with Gasteiger partial charge in [-0.3, -0.25) is 4.79 Å². The van der Waals surface area contributed by atoms with Gasteiger partial charge in [0, 0.05) is 4.47 Å². The smallest absolute Gasteiger partial charge is 0.354 e. The molecule has 0 atom stereocenters. The van der Waals surface area contributed by atoms with E-state index in [1.165, 1.54) is 30.3 Å². The van der Waals surface area contributed by atoms with Crippen molar-refractivity contribution in [2.24, 2.45) is 0 Å². The zero-order chi connectivity index (χ0) is 14.7. The van der Waals surface area contributed by atoms with Crippen LogP contribution in [0.2, 0.25) is 0 Å². The summed E-state index contributed by atoms with van der Waals surface area (Å²) in [4.78, 5) is 26.4. The molecule has 5 nitrogen and oxygen atoms in total. The van der Waals surface area contributed by atoms with Crippen LogP contribution in [-0.2, 0) is 0 Å². The predicted octanol–water partition coefficient (Wildman–Crippen LogP) is 2.93. The number of halogens is 2. The van der Waals surface area contributed by atoms with E-state index in [9.17, 15) is 14.0 Å². The number of anilines is 1. The molecule has 0 aliphatic heterocycles. The number of hydrogen-bond donors (Lipinski definition) is 2. The molecule has 0 spiro atoms. The highest BCUT2D eigenvalue weighted by atomic mass is 79.9. The second-order valence-corrected chi connectivity index (χ2v) is 4.62. The minimum absolute atomic E-state index is 0.0278. The summed E-state index contributed by atoms with van der Waals surface area (Å²) in [6.45, 7) is 0. The topological polar surface area (TPSA) is 79.3 Å². The number of carbonyl (C=O) groups is 2. The molecule has 2 aromatic rings. The van der Waals surface area contributed by atoms with Crippen LogP contribution in [0.4, 0.5) is 10.1 Å². The third kappa shape index (κ3) is 3.00. The van der Waals surface area contributed by atoms with Gasteiger partial charge in [-0.25, -0.2) is 14.2 Å². The summed E-state index contributed by atoms with van der Waals surface area (Å²) in [5.74, 6) is -2.55. The summed E-state index contributed by atoms with van der Waals surface area (Å²) in [5, 5.41) is 11.2.